The Morgan fingerprint density at radius 2 is 1.77 bits per heavy atom. The maximum absolute atomic E-state index is 13.1. The minimum Gasteiger partial charge on any atom is -0.507 e. The maximum atomic E-state index is 13.1. The molecule has 2 aromatic rings. The molecule has 1 N–H and O–H groups in total. The van der Waals surface area contributed by atoms with Crippen LogP contribution in [0.4, 0.5) is 0 Å². The zero-order valence-corrected chi connectivity index (χ0v) is 18.8. The highest BCUT2D eigenvalue weighted by molar-refractivity contribution is 6.46. The fourth-order valence-corrected chi connectivity index (χ4v) is 3.94. The quantitative estimate of drug-likeness (QED) is 0.419. The molecule has 2 aromatic carbocycles. The Labute approximate surface area is 183 Å². The van der Waals surface area contributed by atoms with E-state index < -0.39 is 17.7 Å². The Morgan fingerprint density at radius 3 is 2.39 bits per heavy atom. The molecule has 164 valence electrons. The molecule has 1 aliphatic rings. The van der Waals surface area contributed by atoms with Gasteiger partial charge >= 0.3 is 0 Å². The van der Waals surface area contributed by atoms with E-state index >= 15 is 0 Å². The summed E-state index contributed by atoms with van der Waals surface area (Å²) < 4.78 is 5.25. The molecule has 1 fully saturated rings. The average Bonchev–Trinajstić information content (AvgIpc) is 2.99. The minimum absolute atomic E-state index is 0.129. The van der Waals surface area contributed by atoms with Gasteiger partial charge in [-0.15, -0.1) is 0 Å². The van der Waals surface area contributed by atoms with E-state index in [0.717, 1.165) is 29.7 Å². The van der Waals surface area contributed by atoms with Gasteiger partial charge in [-0.1, -0.05) is 29.8 Å². The second-order valence-corrected chi connectivity index (χ2v) is 8.24. The Kier molecular flexibility index (Phi) is 6.81. The summed E-state index contributed by atoms with van der Waals surface area (Å²) in [5.41, 5.74) is 3.28. The first-order chi connectivity index (χ1) is 14.7. The summed E-state index contributed by atoms with van der Waals surface area (Å²) in [6.45, 7) is 5.01. The zero-order chi connectivity index (χ0) is 22.7. The van der Waals surface area contributed by atoms with Crippen LogP contribution in [0.3, 0.4) is 0 Å². The van der Waals surface area contributed by atoms with Gasteiger partial charge in [0.25, 0.3) is 11.7 Å². The number of aliphatic hydroxyl groups excluding tert-OH is 1. The van der Waals surface area contributed by atoms with Gasteiger partial charge in [-0.05, 0) is 70.2 Å². The number of methoxy groups -OCH3 is 1. The number of amides is 1. The molecule has 3 rings (SSSR count). The molecule has 0 aromatic heterocycles. The van der Waals surface area contributed by atoms with Crippen molar-refractivity contribution < 1.29 is 19.4 Å². The van der Waals surface area contributed by atoms with Crippen LogP contribution in [-0.4, -0.2) is 60.9 Å². The molecule has 1 saturated heterocycles. The molecular weight excluding hydrogens is 392 g/mol. The predicted octanol–water partition coefficient (Wildman–Crippen LogP) is 3.69. The van der Waals surface area contributed by atoms with Gasteiger partial charge in [0.2, 0.25) is 0 Å². The molecule has 0 aliphatic carbocycles. The van der Waals surface area contributed by atoms with Gasteiger partial charge in [-0.2, -0.15) is 0 Å². The molecule has 1 heterocycles. The summed E-state index contributed by atoms with van der Waals surface area (Å²) in [5, 5.41) is 11.2. The number of nitrogens with zero attached hydrogens (tertiary/aromatic N) is 2. The fraction of sp³-hybridized carbons (Fsp3) is 0.360. The topological polar surface area (TPSA) is 70.1 Å². The summed E-state index contributed by atoms with van der Waals surface area (Å²) in [6.07, 6.45) is 0.718. The Morgan fingerprint density at radius 1 is 1.10 bits per heavy atom. The van der Waals surface area contributed by atoms with E-state index in [1.807, 2.05) is 63.2 Å². The van der Waals surface area contributed by atoms with Crippen molar-refractivity contribution in [3.05, 3.63) is 70.3 Å². The second-order valence-electron chi connectivity index (χ2n) is 8.24. The third-order valence-electron chi connectivity index (χ3n) is 5.62. The van der Waals surface area contributed by atoms with Crippen molar-refractivity contribution >= 4 is 17.4 Å². The molecule has 0 bridgehead atoms. The molecule has 6 nitrogen and oxygen atoms in total. The largest absolute Gasteiger partial charge is 0.507 e. The van der Waals surface area contributed by atoms with Crippen LogP contribution in [0.1, 0.15) is 34.7 Å². The number of carbonyl (C=O) groups excluding carboxylic acids is 2. The van der Waals surface area contributed by atoms with Crippen molar-refractivity contribution in [1.29, 1.82) is 0 Å². The minimum atomic E-state index is -0.649. The van der Waals surface area contributed by atoms with E-state index in [1.165, 1.54) is 0 Å². The Hall–Kier alpha value is -3.12. The van der Waals surface area contributed by atoms with Crippen LogP contribution in [0.25, 0.3) is 5.76 Å². The van der Waals surface area contributed by atoms with Gasteiger partial charge in [0.05, 0.1) is 18.7 Å². The molecule has 1 atom stereocenters. The maximum Gasteiger partial charge on any atom is 0.295 e. The number of benzene rings is 2. The fourth-order valence-electron chi connectivity index (χ4n) is 3.94. The number of rotatable bonds is 7. The third kappa shape index (κ3) is 4.64. The number of ketones is 1. The lowest BCUT2D eigenvalue weighted by molar-refractivity contribution is -0.139. The summed E-state index contributed by atoms with van der Waals surface area (Å²) in [7, 11) is 5.52. The lowest BCUT2D eigenvalue weighted by Gasteiger charge is -2.26. The van der Waals surface area contributed by atoms with Crippen LogP contribution >= 0.6 is 0 Å². The first kappa shape index (κ1) is 22.6. The number of hydrogen-bond donors (Lipinski definition) is 1. The molecule has 1 aliphatic heterocycles. The van der Waals surface area contributed by atoms with E-state index in [0.29, 0.717) is 17.9 Å². The summed E-state index contributed by atoms with van der Waals surface area (Å²) in [5.74, 6) is -0.672. The number of carbonyl (C=O) groups is 2. The highest BCUT2D eigenvalue weighted by atomic mass is 16.5. The van der Waals surface area contributed by atoms with Crippen molar-refractivity contribution in [2.45, 2.75) is 26.3 Å². The van der Waals surface area contributed by atoms with Crippen molar-refractivity contribution in [2.24, 2.45) is 0 Å². The molecule has 0 radical (unpaired) electrons. The van der Waals surface area contributed by atoms with E-state index in [-0.39, 0.29) is 11.3 Å². The third-order valence-corrected chi connectivity index (χ3v) is 5.62. The van der Waals surface area contributed by atoms with Gasteiger partial charge in [-0.25, -0.2) is 0 Å². The standard InChI is InChI=1S/C25H30N2O4/c1-16-7-8-17(2)20(15-16)23(28)21-22(18-9-11-19(31-5)12-10-18)27(25(30)24(21)29)14-6-13-26(3)4/h7-12,15,22,28H,6,13-14H2,1-5H3/b23-21+. The molecule has 6 heteroatoms. The summed E-state index contributed by atoms with van der Waals surface area (Å²) >= 11 is 0. The van der Waals surface area contributed by atoms with Crippen molar-refractivity contribution in [3.8, 4) is 5.75 Å². The van der Waals surface area contributed by atoms with Gasteiger partial charge < -0.3 is 19.6 Å². The highest BCUT2D eigenvalue weighted by Crippen LogP contribution is 2.40. The SMILES string of the molecule is COc1ccc(C2/C(=C(\O)c3cc(C)ccc3C)C(=O)C(=O)N2CCCN(C)C)cc1. The van der Waals surface area contributed by atoms with Gasteiger partial charge in [0, 0.05) is 12.1 Å². The van der Waals surface area contributed by atoms with Crippen LogP contribution in [0.2, 0.25) is 0 Å². The zero-order valence-electron chi connectivity index (χ0n) is 18.8. The molecule has 0 saturated carbocycles. The molecule has 1 amide bonds. The number of aliphatic hydroxyl groups is 1. The van der Waals surface area contributed by atoms with Gasteiger partial charge in [0.1, 0.15) is 11.5 Å². The second kappa shape index (κ2) is 9.35. The summed E-state index contributed by atoms with van der Waals surface area (Å²) in [6, 6.07) is 12.3. The number of hydrogen-bond acceptors (Lipinski definition) is 5. The van der Waals surface area contributed by atoms with Gasteiger partial charge in [-0.3, -0.25) is 9.59 Å². The lowest BCUT2D eigenvalue weighted by Crippen LogP contribution is -2.32. The van der Waals surface area contributed by atoms with Crippen LogP contribution in [0.5, 0.6) is 5.75 Å². The highest BCUT2D eigenvalue weighted by Gasteiger charge is 2.45. The molecule has 1 unspecified atom stereocenters. The van der Waals surface area contributed by atoms with Crippen molar-refractivity contribution in [1.82, 2.24) is 9.80 Å². The predicted molar refractivity (Wildman–Crippen MR) is 121 cm³/mol. The Bertz CT molecular complexity index is 1010. The monoisotopic (exact) mass is 422 g/mol. The molecule has 31 heavy (non-hydrogen) atoms. The van der Waals surface area contributed by atoms with Crippen LogP contribution in [0.15, 0.2) is 48.0 Å². The first-order valence-electron chi connectivity index (χ1n) is 10.4. The van der Waals surface area contributed by atoms with E-state index in [9.17, 15) is 14.7 Å². The van der Waals surface area contributed by atoms with E-state index in [4.69, 9.17) is 4.74 Å². The van der Waals surface area contributed by atoms with E-state index in [1.54, 1.807) is 24.1 Å². The van der Waals surface area contributed by atoms with Crippen LogP contribution < -0.4 is 4.74 Å². The van der Waals surface area contributed by atoms with Crippen molar-refractivity contribution in [3.63, 3.8) is 0 Å². The number of Topliss-reactive ketones (excluding diaryl/α,β-unsaturated/α-hetero) is 1. The molecule has 0 spiro atoms. The van der Waals surface area contributed by atoms with Gasteiger partial charge in [0.15, 0.2) is 0 Å². The van der Waals surface area contributed by atoms with Crippen molar-refractivity contribution in [2.75, 3.05) is 34.3 Å². The van der Waals surface area contributed by atoms with Crippen LogP contribution in [0, 0.1) is 13.8 Å². The number of aryl methyl sites for hydroxylation is 2. The molecular formula is C25H30N2O4. The summed E-state index contributed by atoms with van der Waals surface area (Å²) in [4.78, 5) is 29.7. The Balaban J connectivity index is 2.13. The number of likely N-dealkylation sites (tertiary alicyclic amines) is 1. The average molecular weight is 423 g/mol. The van der Waals surface area contributed by atoms with E-state index in [2.05, 4.69) is 0 Å². The van der Waals surface area contributed by atoms with Crippen LogP contribution in [-0.2, 0) is 9.59 Å². The normalized spacial score (nSPS) is 18.1. The first-order valence-corrected chi connectivity index (χ1v) is 10.4. The lowest BCUT2D eigenvalue weighted by atomic mass is 9.93. The smallest absolute Gasteiger partial charge is 0.295 e. The number of ether oxygens (including phenoxy) is 1.